The van der Waals surface area contributed by atoms with E-state index in [4.69, 9.17) is 0 Å². The molecule has 0 bridgehead atoms. The van der Waals surface area contributed by atoms with Crippen LogP contribution in [0.2, 0.25) is 0 Å². The summed E-state index contributed by atoms with van der Waals surface area (Å²) >= 11 is 0. The minimum absolute atomic E-state index is 0.836. The van der Waals surface area contributed by atoms with Gasteiger partial charge in [-0.1, -0.05) is 24.3 Å². The monoisotopic (exact) mass is 252 g/mol. The van der Waals surface area contributed by atoms with Crippen LogP contribution in [0, 0.1) is 0 Å². The van der Waals surface area contributed by atoms with Crippen LogP contribution < -0.4 is 5.32 Å². The number of benzene rings is 1. The SMILES string of the molecule is c1cnc2c(CNCCn3ccnc3)cccc2c1. The highest BCUT2D eigenvalue weighted by molar-refractivity contribution is 5.81. The molecule has 1 N–H and O–H groups in total. The molecule has 0 radical (unpaired) electrons. The van der Waals surface area contributed by atoms with E-state index in [1.54, 1.807) is 6.20 Å². The second kappa shape index (κ2) is 5.63. The zero-order chi connectivity index (χ0) is 12.9. The van der Waals surface area contributed by atoms with Crippen molar-refractivity contribution in [2.24, 2.45) is 0 Å². The number of pyridine rings is 1. The first-order valence-electron chi connectivity index (χ1n) is 6.42. The summed E-state index contributed by atoms with van der Waals surface area (Å²) in [6, 6.07) is 10.4. The Morgan fingerprint density at radius 3 is 2.95 bits per heavy atom. The van der Waals surface area contributed by atoms with E-state index < -0.39 is 0 Å². The van der Waals surface area contributed by atoms with Gasteiger partial charge in [0, 0.05) is 43.6 Å². The summed E-state index contributed by atoms with van der Waals surface area (Å²) in [6.45, 7) is 2.68. The predicted molar refractivity (Wildman–Crippen MR) is 75.7 cm³/mol. The second-order valence-corrected chi connectivity index (χ2v) is 4.47. The van der Waals surface area contributed by atoms with Gasteiger partial charge in [0.05, 0.1) is 11.8 Å². The summed E-state index contributed by atoms with van der Waals surface area (Å²) < 4.78 is 2.06. The van der Waals surface area contributed by atoms with Gasteiger partial charge < -0.3 is 9.88 Å². The van der Waals surface area contributed by atoms with E-state index in [1.165, 1.54) is 10.9 Å². The van der Waals surface area contributed by atoms with Crippen LogP contribution in [-0.2, 0) is 13.1 Å². The average molecular weight is 252 g/mol. The number of nitrogens with zero attached hydrogens (tertiary/aromatic N) is 3. The fourth-order valence-corrected chi connectivity index (χ4v) is 2.16. The smallest absolute Gasteiger partial charge is 0.0946 e. The molecule has 0 atom stereocenters. The van der Waals surface area contributed by atoms with Gasteiger partial charge in [0.15, 0.2) is 0 Å². The van der Waals surface area contributed by atoms with E-state index in [2.05, 4.69) is 44.1 Å². The highest BCUT2D eigenvalue weighted by Gasteiger charge is 2.00. The normalized spacial score (nSPS) is 10.9. The van der Waals surface area contributed by atoms with Gasteiger partial charge in [-0.05, 0) is 11.6 Å². The number of rotatable bonds is 5. The molecular formula is C15H16N4. The summed E-state index contributed by atoms with van der Waals surface area (Å²) in [5.74, 6) is 0. The lowest BCUT2D eigenvalue weighted by Crippen LogP contribution is -2.19. The van der Waals surface area contributed by atoms with E-state index in [9.17, 15) is 0 Å². The molecule has 3 rings (SSSR count). The Labute approximate surface area is 112 Å². The molecule has 2 heterocycles. The number of fused-ring (bicyclic) bond motifs is 1. The first kappa shape index (κ1) is 11.9. The molecule has 3 aromatic rings. The summed E-state index contributed by atoms with van der Waals surface area (Å²) in [4.78, 5) is 8.48. The molecule has 0 fully saturated rings. The third-order valence-electron chi connectivity index (χ3n) is 3.14. The Morgan fingerprint density at radius 2 is 2.05 bits per heavy atom. The number of para-hydroxylation sites is 1. The Morgan fingerprint density at radius 1 is 1.11 bits per heavy atom. The maximum atomic E-state index is 4.45. The van der Waals surface area contributed by atoms with Crippen molar-refractivity contribution in [2.75, 3.05) is 6.54 Å². The van der Waals surface area contributed by atoms with Gasteiger partial charge in [-0.2, -0.15) is 0 Å². The summed E-state index contributed by atoms with van der Waals surface area (Å²) in [7, 11) is 0. The first-order chi connectivity index (χ1) is 9.43. The van der Waals surface area contributed by atoms with Gasteiger partial charge in [-0.3, -0.25) is 4.98 Å². The van der Waals surface area contributed by atoms with Crippen molar-refractivity contribution >= 4 is 10.9 Å². The van der Waals surface area contributed by atoms with E-state index in [0.717, 1.165) is 25.2 Å². The number of hydrogen-bond acceptors (Lipinski definition) is 3. The predicted octanol–water partition coefficient (Wildman–Crippen LogP) is 2.22. The maximum absolute atomic E-state index is 4.45. The fourth-order valence-electron chi connectivity index (χ4n) is 2.16. The van der Waals surface area contributed by atoms with Gasteiger partial charge in [0.25, 0.3) is 0 Å². The summed E-state index contributed by atoms with van der Waals surface area (Å²) in [5.41, 5.74) is 2.32. The Bertz CT molecular complexity index is 641. The van der Waals surface area contributed by atoms with Crippen LogP contribution >= 0.6 is 0 Å². The van der Waals surface area contributed by atoms with Gasteiger partial charge in [-0.25, -0.2) is 4.98 Å². The van der Waals surface area contributed by atoms with Crippen LogP contribution in [-0.4, -0.2) is 21.1 Å². The molecule has 0 unspecified atom stereocenters. The molecule has 0 amide bonds. The number of imidazole rings is 1. The van der Waals surface area contributed by atoms with Crippen LogP contribution in [0.3, 0.4) is 0 Å². The first-order valence-corrected chi connectivity index (χ1v) is 6.42. The lowest BCUT2D eigenvalue weighted by atomic mass is 10.1. The van der Waals surface area contributed by atoms with E-state index >= 15 is 0 Å². The lowest BCUT2D eigenvalue weighted by Gasteiger charge is -2.08. The average Bonchev–Trinajstić information content (AvgIpc) is 2.97. The van der Waals surface area contributed by atoms with E-state index in [1.807, 2.05) is 24.8 Å². The summed E-state index contributed by atoms with van der Waals surface area (Å²) in [5, 5.41) is 4.63. The zero-order valence-corrected chi connectivity index (χ0v) is 10.7. The minimum Gasteiger partial charge on any atom is -0.336 e. The van der Waals surface area contributed by atoms with Crippen molar-refractivity contribution in [3.05, 3.63) is 60.8 Å². The highest BCUT2D eigenvalue weighted by atomic mass is 15.0. The van der Waals surface area contributed by atoms with E-state index in [0.29, 0.717) is 0 Å². The van der Waals surface area contributed by atoms with Crippen LogP contribution in [0.4, 0.5) is 0 Å². The minimum atomic E-state index is 0.836. The Kier molecular flexibility index (Phi) is 3.51. The molecule has 0 saturated carbocycles. The maximum Gasteiger partial charge on any atom is 0.0946 e. The quantitative estimate of drug-likeness (QED) is 0.708. The highest BCUT2D eigenvalue weighted by Crippen LogP contribution is 2.15. The van der Waals surface area contributed by atoms with Crippen LogP contribution in [0.1, 0.15) is 5.56 Å². The number of aromatic nitrogens is 3. The fraction of sp³-hybridized carbons (Fsp3) is 0.200. The largest absolute Gasteiger partial charge is 0.336 e. The molecule has 0 saturated heterocycles. The molecule has 0 aliphatic carbocycles. The van der Waals surface area contributed by atoms with Crippen molar-refractivity contribution in [2.45, 2.75) is 13.1 Å². The number of hydrogen-bond donors (Lipinski definition) is 1. The van der Waals surface area contributed by atoms with E-state index in [-0.39, 0.29) is 0 Å². The molecule has 4 heteroatoms. The molecule has 0 spiro atoms. The molecule has 96 valence electrons. The van der Waals surface area contributed by atoms with Gasteiger partial charge in [0.1, 0.15) is 0 Å². The standard InChI is InChI=1S/C15H16N4/c1-3-13-5-2-6-18-15(13)14(4-1)11-16-7-9-19-10-8-17-12-19/h1-6,8,10,12,16H,7,9,11H2. The van der Waals surface area contributed by atoms with Crippen LogP contribution in [0.15, 0.2) is 55.2 Å². The van der Waals surface area contributed by atoms with Gasteiger partial charge in [-0.15, -0.1) is 0 Å². The summed E-state index contributed by atoms with van der Waals surface area (Å²) in [6.07, 6.45) is 7.45. The lowest BCUT2D eigenvalue weighted by molar-refractivity contribution is 0.598. The number of nitrogens with one attached hydrogen (secondary N) is 1. The van der Waals surface area contributed by atoms with Crippen molar-refractivity contribution in [3.8, 4) is 0 Å². The third-order valence-corrected chi connectivity index (χ3v) is 3.14. The molecular weight excluding hydrogens is 236 g/mol. The van der Waals surface area contributed by atoms with Crippen LogP contribution in [0.25, 0.3) is 10.9 Å². The van der Waals surface area contributed by atoms with Crippen molar-refractivity contribution in [3.63, 3.8) is 0 Å². The third kappa shape index (κ3) is 2.80. The Hall–Kier alpha value is -2.20. The molecule has 4 nitrogen and oxygen atoms in total. The Balaban J connectivity index is 1.62. The molecule has 1 aromatic carbocycles. The van der Waals surface area contributed by atoms with Crippen molar-refractivity contribution in [1.29, 1.82) is 0 Å². The molecule has 0 aliphatic rings. The van der Waals surface area contributed by atoms with Crippen LogP contribution in [0.5, 0.6) is 0 Å². The topological polar surface area (TPSA) is 42.7 Å². The molecule has 2 aromatic heterocycles. The molecule has 0 aliphatic heterocycles. The molecule has 19 heavy (non-hydrogen) atoms. The van der Waals surface area contributed by atoms with Crippen molar-refractivity contribution < 1.29 is 0 Å². The van der Waals surface area contributed by atoms with Gasteiger partial charge >= 0.3 is 0 Å². The zero-order valence-electron chi connectivity index (χ0n) is 10.7. The van der Waals surface area contributed by atoms with Gasteiger partial charge in [0.2, 0.25) is 0 Å². The second-order valence-electron chi connectivity index (χ2n) is 4.47. The van der Waals surface area contributed by atoms with Crippen molar-refractivity contribution in [1.82, 2.24) is 19.9 Å².